The van der Waals surface area contributed by atoms with Gasteiger partial charge in [-0.15, -0.1) is 0 Å². The molecule has 29 heavy (non-hydrogen) atoms. The van der Waals surface area contributed by atoms with Gasteiger partial charge in [-0.1, -0.05) is 71.4 Å². The molecule has 1 saturated heterocycles. The van der Waals surface area contributed by atoms with Crippen molar-refractivity contribution >= 4 is 5.69 Å². The lowest BCUT2D eigenvalue weighted by Crippen LogP contribution is -2.29. The maximum Gasteiger partial charge on any atom is 0.138 e. The lowest BCUT2D eigenvalue weighted by Gasteiger charge is -2.29. The van der Waals surface area contributed by atoms with Crippen LogP contribution in [-0.4, -0.2) is 23.3 Å². The summed E-state index contributed by atoms with van der Waals surface area (Å²) in [5, 5.41) is 20.0. The number of phenols is 2. The zero-order valence-electron chi connectivity index (χ0n) is 19.3. The van der Waals surface area contributed by atoms with Gasteiger partial charge in [0.1, 0.15) is 11.5 Å². The highest BCUT2D eigenvalue weighted by Gasteiger charge is 2.25. The number of rotatable bonds is 1. The third-order valence-corrected chi connectivity index (χ3v) is 5.45. The second-order valence-electron chi connectivity index (χ2n) is 10.2. The Labute approximate surface area is 177 Å². The number of benzene rings is 2. The molecule has 1 heterocycles. The lowest BCUT2D eigenvalue weighted by molar-refractivity contribution is 0.423. The third-order valence-electron chi connectivity index (χ3n) is 5.45. The number of piperidine rings is 1. The van der Waals surface area contributed by atoms with Crippen molar-refractivity contribution in [3.8, 4) is 11.5 Å². The predicted octanol–water partition coefficient (Wildman–Crippen LogP) is 6.68. The van der Waals surface area contributed by atoms with Gasteiger partial charge in [0.2, 0.25) is 0 Å². The summed E-state index contributed by atoms with van der Waals surface area (Å²) >= 11 is 0. The van der Waals surface area contributed by atoms with Gasteiger partial charge in [-0.3, -0.25) is 0 Å². The van der Waals surface area contributed by atoms with Gasteiger partial charge in [-0.25, -0.2) is 0 Å². The lowest BCUT2D eigenvalue weighted by atomic mass is 9.78. The molecular formula is C26H39NO2. The van der Waals surface area contributed by atoms with E-state index < -0.39 is 0 Å². The van der Waals surface area contributed by atoms with Gasteiger partial charge in [0.25, 0.3) is 0 Å². The molecule has 0 spiro atoms. The minimum Gasteiger partial charge on any atom is -0.507 e. The van der Waals surface area contributed by atoms with Gasteiger partial charge in [0, 0.05) is 13.1 Å². The van der Waals surface area contributed by atoms with Crippen LogP contribution in [0.4, 0.5) is 5.69 Å². The fourth-order valence-corrected chi connectivity index (χ4v) is 3.79. The Morgan fingerprint density at radius 2 is 1.24 bits per heavy atom. The number of para-hydroxylation sites is 2. The van der Waals surface area contributed by atoms with Crippen molar-refractivity contribution < 1.29 is 10.2 Å². The first kappa shape index (κ1) is 23.1. The smallest absolute Gasteiger partial charge is 0.138 e. The number of hydrogen-bond acceptors (Lipinski definition) is 3. The van der Waals surface area contributed by atoms with Gasteiger partial charge < -0.3 is 15.1 Å². The molecule has 1 aliphatic rings. The molecule has 0 aliphatic carbocycles. The Morgan fingerprint density at radius 3 is 1.69 bits per heavy atom. The van der Waals surface area contributed by atoms with Gasteiger partial charge in [0.05, 0.1) is 5.69 Å². The second kappa shape index (κ2) is 9.11. The fraction of sp³-hybridized carbons (Fsp3) is 0.538. The minimum absolute atomic E-state index is 0.0178. The van der Waals surface area contributed by atoms with E-state index in [1.54, 1.807) is 6.07 Å². The van der Waals surface area contributed by atoms with Gasteiger partial charge >= 0.3 is 0 Å². The summed E-state index contributed by atoms with van der Waals surface area (Å²) in [6, 6.07) is 11.8. The van der Waals surface area contributed by atoms with Crippen LogP contribution in [0.3, 0.4) is 0 Å². The minimum atomic E-state index is -0.0178. The van der Waals surface area contributed by atoms with E-state index in [0.717, 1.165) is 29.9 Å². The number of phenolic OH excluding ortho intramolecular Hbond substituents is 2. The quantitative estimate of drug-likeness (QED) is 0.564. The molecule has 0 aromatic heterocycles. The first-order chi connectivity index (χ1) is 13.4. The van der Waals surface area contributed by atoms with E-state index >= 15 is 0 Å². The van der Waals surface area contributed by atoms with E-state index in [1.807, 2.05) is 18.2 Å². The molecule has 2 aromatic carbocycles. The molecule has 1 fully saturated rings. The third kappa shape index (κ3) is 6.16. The van der Waals surface area contributed by atoms with Crippen molar-refractivity contribution in [3.05, 3.63) is 53.1 Å². The number of nitrogens with zero attached hydrogens (tertiary/aromatic N) is 1. The van der Waals surface area contributed by atoms with Crippen molar-refractivity contribution in [1.82, 2.24) is 0 Å². The first-order valence-electron chi connectivity index (χ1n) is 10.8. The van der Waals surface area contributed by atoms with E-state index in [2.05, 4.69) is 65.5 Å². The summed E-state index contributed by atoms with van der Waals surface area (Å²) in [6.07, 6.45) is 3.81. The first-order valence-corrected chi connectivity index (χ1v) is 10.8. The van der Waals surface area contributed by atoms with Crippen LogP contribution in [0.1, 0.15) is 77.5 Å². The standard InChI is InChI=1S/C15H24O.C11H15NO/c1-10-8-11(14(2,3)4)13(16)12(9-10)15(5,6)7;13-11-7-3-2-6-10(11)12-8-4-1-5-9-12/h8-9,16H,1-7H3;2-3,6-7,13H,1,4-5,8-9H2. The van der Waals surface area contributed by atoms with E-state index in [0.29, 0.717) is 11.5 Å². The van der Waals surface area contributed by atoms with Crippen LogP contribution in [-0.2, 0) is 10.8 Å². The Balaban J connectivity index is 0.000000211. The summed E-state index contributed by atoms with van der Waals surface area (Å²) in [5.41, 5.74) is 4.25. The molecule has 0 radical (unpaired) electrons. The highest BCUT2D eigenvalue weighted by atomic mass is 16.3. The molecule has 0 bridgehead atoms. The van der Waals surface area contributed by atoms with Crippen molar-refractivity contribution in [2.75, 3.05) is 18.0 Å². The summed E-state index contributed by atoms with van der Waals surface area (Å²) < 4.78 is 0. The molecule has 0 atom stereocenters. The van der Waals surface area contributed by atoms with E-state index in [-0.39, 0.29) is 10.8 Å². The highest BCUT2D eigenvalue weighted by molar-refractivity contribution is 5.57. The molecule has 3 nitrogen and oxygen atoms in total. The number of hydrogen-bond donors (Lipinski definition) is 2. The highest BCUT2D eigenvalue weighted by Crippen LogP contribution is 2.39. The molecule has 0 amide bonds. The largest absolute Gasteiger partial charge is 0.507 e. The predicted molar refractivity (Wildman–Crippen MR) is 124 cm³/mol. The molecule has 0 saturated carbocycles. The molecule has 3 rings (SSSR count). The van der Waals surface area contributed by atoms with Crippen LogP contribution in [0.2, 0.25) is 0 Å². The molecule has 1 aliphatic heterocycles. The molecule has 3 heteroatoms. The average Bonchev–Trinajstić information content (AvgIpc) is 2.63. The number of aromatic hydroxyl groups is 2. The summed E-state index contributed by atoms with van der Waals surface area (Å²) in [5.74, 6) is 0.870. The Hall–Kier alpha value is -2.16. The van der Waals surface area contributed by atoms with Gasteiger partial charge in [-0.05, 0) is 60.3 Å². The molecule has 160 valence electrons. The van der Waals surface area contributed by atoms with Crippen LogP contribution in [0.25, 0.3) is 0 Å². The second-order valence-corrected chi connectivity index (χ2v) is 10.2. The number of aryl methyl sites for hydroxylation is 1. The number of anilines is 1. The van der Waals surface area contributed by atoms with Crippen LogP contribution in [0, 0.1) is 6.92 Å². The van der Waals surface area contributed by atoms with Crippen LogP contribution in [0.15, 0.2) is 36.4 Å². The van der Waals surface area contributed by atoms with E-state index in [1.165, 1.54) is 24.8 Å². The molecule has 2 aromatic rings. The normalized spacial score (nSPS) is 14.9. The fourth-order valence-electron chi connectivity index (χ4n) is 3.79. The van der Waals surface area contributed by atoms with Crippen molar-refractivity contribution in [2.24, 2.45) is 0 Å². The SMILES string of the molecule is Cc1cc(C(C)(C)C)c(O)c(C(C)(C)C)c1.Oc1ccccc1N1CCCCC1. The van der Waals surface area contributed by atoms with Crippen molar-refractivity contribution in [1.29, 1.82) is 0 Å². The zero-order chi connectivity index (χ0) is 21.8. The summed E-state index contributed by atoms with van der Waals surface area (Å²) in [7, 11) is 0. The Bertz CT molecular complexity index is 771. The van der Waals surface area contributed by atoms with Crippen LogP contribution in [0.5, 0.6) is 11.5 Å². The zero-order valence-corrected chi connectivity index (χ0v) is 19.3. The molecule has 0 unspecified atom stereocenters. The summed E-state index contributed by atoms with van der Waals surface area (Å²) in [4.78, 5) is 2.26. The topological polar surface area (TPSA) is 43.7 Å². The van der Waals surface area contributed by atoms with Gasteiger partial charge in [-0.2, -0.15) is 0 Å². The monoisotopic (exact) mass is 397 g/mol. The van der Waals surface area contributed by atoms with Gasteiger partial charge in [0.15, 0.2) is 0 Å². The maximum absolute atomic E-state index is 10.4. The van der Waals surface area contributed by atoms with Crippen LogP contribution >= 0.6 is 0 Å². The van der Waals surface area contributed by atoms with Crippen LogP contribution < -0.4 is 4.90 Å². The van der Waals surface area contributed by atoms with Crippen molar-refractivity contribution in [3.63, 3.8) is 0 Å². The van der Waals surface area contributed by atoms with Crippen molar-refractivity contribution in [2.45, 2.75) is 78.6 Å². The molecular weight excluding hydrogens is 358 g/mol. The Kier molecular flexibility index (Phi) is 7.26. The Morgan fingerprint density at radius 1 is 0.759 bits per heavy atom. The van der Waals surface area contributed by atoms with E-state index in [4.69, 9.17) is 0 Å². The maximum atomic E-state index is 10.4. The average molecular weight is 398 g/mol. The van der Waals surface area contributed by atoms with E-state index in [9.17, 15) is 10.2 Å². The summed E-state index contributed by atoms with van der Waals surface area (Å²) in [6.45, 7) is 17.0. The molecule has 2 N–H and O–H groups in total.